The Labute approximate surface area is 330 Å². The number of aliphatic hydroxyl groups is 2. The molecule has 0 bridgehead atoms. The average Bonchev–Trinajstić information content (AvgIpc) is 3.66. The van der Waals surface area contributed by atoms with Crippen LogP contribution >= 0.6 is 0 Å². The van der Waals surface area contributed by atoms with Gasteiger partial charge in [0.05, 0.1) is 29.5 Å². The minimum atomic E-state index is -1.28. The van der Waals surface area contributed by atoms with E-state index in [1.54, 1.807) is 25.2 Å². The van der Waals surface area contributed by atoms with E-state index >= 15 is 0 Å². The first kappa shape index (κ1) is 45.6. The van der Waals surface area contributed by atoms with Crippen LogP contribution in [0.2, 0.25) is 0 Å². The molecule has 2 N–H and O–H groups in total. The molecule has 3 fully saturated rings. The average molecular weight is 759 g/mol. The standard InChI is InChI=1S/C47H66O8/c1-12-13-16-27-53-42(51)37(25-26-41-43(6,7)30-39(54-36(5)48)31-45(41,10)52)24-18-22-34(3)20-15-14-19-33(2)21-17-23-35(4)40(50)32-47-44(8,9)28-38(49)29-46(47,11)55-47/h14-15,17-25,38-39,49,52H,12-13,16,27-32H2,1-11H3/b15-14+,21-17+,22-18+,33-19+,34-20+,35-23+,37-24-/t26?,38-,39-,45+,46+,47-/m0/s1. The van der Waals surface area contributed by atoms with E-state index in [0.717, 1.165) is 30.4 Å². The fourth-order valence-electron chi connectivity index (χ4n) is 8.40. The molecule has 55 heavy (non-hydrogen) atoms. The Bertz CT molecular complexity index is 1700. The van der Waals surface area contributed by atoms with E-state index in [4.69, 9.17) is 14.2 Å². The third kappa shape index (κ3) is 12.3. The van der Waals surface area contributed by atoms with Crippen molar-refractivity contribution in [3.63, 3.8) is 0 Å². The zero-order chi connectivity index (χ0) is 41.2. The van der Waals surface area contributed by atoms with Crippen molar-refractivity contribution in [1.29, 1.82) is 0 Å². The predicted molar refractivity (Wildman–Crippen MR) is 219 cm³/mol. The molecule has 2 aliphatic carbocycles. The highest BCUT2D eigenvalue weighted by molar-refractivity contribution is 5.96. The number of aliphatic hydroxyl groups excluding tert-OH is 1. The van der Waals surface area contributed by atoms with E-state index < -0.39 is 40.4 Å². The first-order valence-corrected chi connectivity index (χ1v) is 19.8. The highest BCUT2D eigenvalue weighted by Crippen LogP contribution is 2.67. The van der Waals surface area contributed by atoms with Crippen LogP contribution in [0.3, 0.4) is 0 Å². The monoisotopic (exact) mass is 758 g/mol. The fourth-order valence-corrected chi connectivity index (χ4v) is 8.40. The molecule has 2 saturated carbocycles. The van der Waals surface area contributed by atoms with Crippen molar-refractivity contribution in [2.24, 2.45) is 10.8 Å². The summed E-state index contributed by atoms with van der Waals surface area (Å²) in [5.41, 5.74) is 3.75. The summed E-state index contributed by atoms with van der Waals surface area (Å²) < 4.78 is 17.2. The van der Waals surface area contributed by atoms with Crippen molar-refractivity contribution >= 4 is 17.7 Å². The lowest BCUT2D eigenvalue weighted by Gasteiger charge is -2.44. The van der Waals surface area contributed by atoms with E-state index in [-0.39, 0.29) is 23.6 Å². The Hall–Kier alpha value is -3.81. The number of ketones is 1. The summed E-state index contributed by atoms with van der Waals surface area (Å²) in [5, 5.41) is 21.7. The maximum atomic E-state index is 13.2. The fraction of sp³-hybridized carbons (Fsp3) is 0.574. The summed E-state index contributed by atoms with van der Waals surface area (Å²) in [6.45, 7) is 21.4. The van der Waals surface area contributed by atoms with Gasteiger partial charge >= 0.3 is 11.9 Å². The van der Waals surface area contributed by atoms with Gasteiger partial charge in [0.15, 0.2) is 5.78 Å². The van der Waals surface area contributed by atoms with Gasteiger partial charge in [-0.2, -0.15) is 0 Å². The highest BCUT2D eigenvalue weighted by Gasteiger charge is 2.76. The molecule has 0 aromatic carbocycles. The molecule has 0 spiro atoms. The second-order valence-electron chi connectivity index (χ2n) is 17.4. The Morgan fingerprint density at radius 3 is 2.02 bits per heavy atom. The molecule has 0 aromatic rings. The van der Waals surface area contributed by atoms with Crippen molar-refractivity contribution in [1.82, 2.24) is 0 Å². The number of allylic oxidation sites excluding steroid dienone is 13. The van der Waals surface area contributed by atoms with Crippen LogP contribution in [-0.2, 0) is 28.6 Å². The largest absolute Gasteiger partial charge is 0.462 e. The van der Waals surface area contributed by atoms with Crippen LogP contribution in [0.4, 0.5) is 0 Å². The van der Waals surface area contributed by atoms with Crippen molar-refractivity contribution in [2.75, 3.05) is 6.61 Å². The van der Waals surface area contributed by atoms with Crippen LogP contribution in [0.1, 0.15) is 128 Å². The van der Waals surface area contributed by atoms with Gasteiger partial charge in [0.1, 0.15) is 11.7 Å². The van der Waals surface area contributed by atoms with E-state index in [1.807, 2.05) is 90.2 Å². The Kier molecular flexibility index (Phi) is 15.7. The lowest BCUT2D eigenvalue weighted by Crippen LogP contribution is -2.48. The third-order valence-corrected chi connectivity index (χ3v) is 11.2. The van der Waals surface area contributed by atoms with Crippen molar-refractivity contribution in [3.05, 3.63) is 100 Å². The minimum absolute atomic E-state index is 0.0592. The number of carbonyl (C=O) groups is 3. The van der Waals surface area contributed by atoms with E-state index in [0.29, 0.717) is 49.0 Å². The number of rotatable bonds is 16. The Balaban J connectivity index is 1.68. The molecule has 1 aliphatic heterocycles. The molecule has 302 valence electrons. The molecule has 8 nitrogen and oxygen atoms in total. The van der Waals surface area contributed by atoms with Gasteiger partial charge in [-0.05, 0) is 82.4 Å². The van der Waals surface area contributed by atoms with Gasteiger partial charge in [0.2, 0.25) is 0 Å². The molecule has 1 heterocycles. The Morgan fingerprint density at radius 2 is 1.45 bits per heavy atom. The molecule has 3 rings (SSSR count). The van der Waals surface area contributed by atoms with Crippen LogP contribution in [0.15, 0.2) is 100 Å². The maximum Gasteiger partial charge on any atom is 0.338 e. The molecule has 0 aromatic heterocycles. The van der Waals surface area contributed by atoms with E-state index in [2.05, 4.69) is 26.5 Å². The zero-order valence-electron chi connectivity index (χ0n) is 35.2. The lowest BCUT2D eigenvalue weighted by atomic mass is 9.61. The molecule has 3 aliphatic rings. The van der Waals surface area contributed by atoms with Crippen LogP contribution < -0.4 is 0 Å². The topological polar surface area (TPSA) is 123 Å². The number of hydrogen-bond donors (Lipinski definition) is 2. The first-order chi connectivity index (χ1) is 25.6. The molecule has 8 heteroatoms. The summed E-state index contributed by atoms with van der Waals surface area (Å²) in [6, 6.07) is 0. The normalized spacial score (nSPS) is 29.7. The van der Waals surface area contributed by atoms with Crippen LogP contribution in [0, 0.1) is 10.8 Å². The summed E-state index contributed by atoms with van der Waals surface area (Å²) in [5.74, 6) is -0.780. The van der Waals surface area contributed by atoms with Crippen LogP contribution in [0.5, 0.6) is 0 Å². The maximum absolute atomic E-state index is 13.2. The molecule has 0 radical (unpaired) electrons. The van der Waals surface area contributed by atoms with Gasteiger partial charge in [-0.15, -0.1) is 5.73 Å². The predicted octanol–water partition coefficient (Wildman–Crippen LogP) is 9.41. The summed E-state index contributed by atoms with van der Waals surface area (Å²) >= 11 is 0. The minimum Gasteiger partial charge on any atom is -0.462 e. The highest BCUT2D eigenvalue weighted by atomic mass is 16.6. The van der Waals surface area contributed by atoms with E-state index in [9.17, 15) is 24.6 Å². The molecular weight excluding hydrogens is 693 g/mol. The van der Waals surface area contributed by atoms with Crippen molar-refractivity contribution < 1.29 is 38.8 Å². The zero-order valence-corrected chi connectivity index (χ0v) is 35.2. The van der Waals surface area contributed by atoms with E-state index in [1.165, 1.54) is 6.92 Å². The molecule has 1 saturated heterocycles. The van der Waals surface area contributed by atoms with Gasteiger partial charge < -0.3 is 24.4 Å². The summed E-state index contributed by atoms with van der Waals surface area (Å²) in [4.78, 5) is 37.9. The van der Waals surface area contributed by atoms with Gasteiger partial charge in [0, 0.05) is 31.8 Å². The number of hydrogen-bond acceptors (Lipinski definition) is 8. The Morgan fingerprint density at radius 1 is 0.836 bits per heavy atom. The molecule has 0 unspecified atom stereocenters. The second kappa shape index (κ2) is 18.9. The van der Waals surface area contributed by atoms with Gasteiger partial charge in [-0.3, -0.25) is 9.59 Å². The summed E-state index contributed by atoms with van der Waals surface area (Å²) in [6.07, 6.45) is 24.7. The number of Topliss-reactive ketones (excluding diaryl/α,β-unsaturated/α-hetero) is 1. The van der Waals surface area contributed by atoms with Gasteiger partial charge in [-0.25, -0.2) is 4.79 Å². The number of epoxide rings is 1. The SMILES string of the molecule is CCCCCOC(=O)\C(C=C=C1C(C)(C)C[C@H](OC(C)=O)C[C@@]1(C)O)=C/C=C/C(C)=C/C=C/C=C(C)/C=C/C=C(\C)C(=O)C[C@@]12O[C@]1(C)C[C@@H](O)CC2(C)C. The van der Waals surface area contributed by atoms with Gasteiger partial charge in [0.25, 0.3) is 0 Å². The third-order valence-electron chi connectivity index (χ3n) is 11.2. The van der Waals surface area contributed by atoms with Crippen LogP contribution in [0.25, 0.3) is 0 Å². The number of esters is 2. The number of fused-ring (bicyclic) bond motifs is 1. The molecule has 5 atom stereocenters. The smallest absolute Gasteiger partial charge is 0.338 e. The quantitative estimate of drug-likeness (QED) is 0.0399. The second-order valence-corrected chi connectivity index (χ2v) is 17.4. The number of ether oxygens (including phenoxy) is 3. The molecule has 0 amide bonds. The summed E-state index contributed by atoms with van der Waals surface area (Å²) in [7, 11) is 0. The number of carbonyl (C=O) groups excluding carboxylic acids is 3. The van der Waals surface area contributed by atoms with Crippen molar-refractivity contribution in [3.8, 4) is 0 Å². The van der Waals surface area contributed by atoms with Crippen LogP contribution in [-0.4, -0.2) is 63.6 Å². The van der Waals surface area contributed by atoms with Crippen molar-refractivity contribution in [2.45, 2.75) is 157 Å². The lowest BCUT2D eigenvalue weighted by molar-refractivity contribution is -0.152. The first-order valence-electron chi connectivity index (χ1n) is 19.8. The number of unbranched alkanes of at least 4 members (excludes halogenated alkanes) is 2. The van der Waals surface area contributed by atoms with Gasteiger partial charge in [-0.1, -0.05) is 113 Å². The molecular formula is C47H66O8.